The molecule has 18 heavy (non-hydrogen) atoms. The Labute approximate surface area is 114 Å². The minimum atomic E-state index is -0.220. The lowest BCUT2D eigenvalue weighted by Crippen LogP contribution is -2.03. The zero-order chi connectivity index (χ0) is 12.5. The van der Waals surface area contributed by atoms with Gasteiger partial charge >= 0.3 is 5.97 Å². The van der Waals surface area contributed by atoms with Crippen molar-refractivity contribution in [3.8, 4) is 0 Å². The van der Waals surface area contributed by atoms with Crippen LogP contribution in [0, 0.1) is 0 Å². The molecule has 2 aromatic carbocycles. The minimum Gasteiger partial charge on any atom is -0.454 e. The number of ether oxygens (including phenoxy) is 1. The zero-order valence-corrected chi connectivity index (χ0v) is 11.2. The Bertz CT molecular complexity index is 607. The molecule has 1 heterocycles. The molecule has 1 unspecified atom stereocenters. The van der Waals surface area contributed by atoms with E-state index in [2.05, 4.69) is 15.9 Å². The molecule has 3 heteroatoms. The van der Waals surface area contributed by atoms with E-state index in [1.54, 1.807) is 0 Å². The van der Waals surface area contributed by atoms with Gasteiger partial charge < -0.3 is 4.74 Å². The van der Waals surface area contributed by atoms with E-state index in [0.29, 0.717) is 12.0 Å². The molecule has 2 aromatic rings. The number of esters is 1. The molecular formula is C15H11BrO2. The van der Waals surface area contributed by atoms with Crippen molar-refractivity contribution in [2.24, 2.45) is 0 Å². The molecule has 2 nitrogen and oxygen atoms in total. The first-order valence-corrected chi connectivity index (χ1v) is 6.58. The molecule has 0 bridgehead atoms. The Hall–Kier alpha value is -1.61. The van der Waals surface area contributed by atoms with Gasteiger partial charge in [-0.3, -0.25) is 0 Å². The predicted octanol–water partition coefficient (Wildman–Crippen LogP) is 3.90. The Balaban J connectivity index is 1.92. The van der Waals surface area contributed by atoms with Crippen molar-refractivity contribution in [1.29, 1.82) is 0 Å². The molecule has 0 spiro atoms. The van der Waals surface area contributed by atoms with Crippen molar-refractivity contribution < 1.29 is 9.53 Å². The highest BCUT2D eigenvalue weighted by molar-refractivity contribution is 9.10. The SMILES string of the molecule is O=C1OC(Cc2ccccc2Br)c2ccccc21. The molecule has 0 amide bonds. The maximum atomic E-state index is 11.7. The number of halogens is 1. The molecule has 0 saturated heterocycles. The Morgan fingerprint density at radius 3 is 2.61 bits per heavy atom. The van der Waals surface area contributed by atoms with Crippen LogP contribution in [-0.4, -0.2) is 5.97 Å². The van der Waals surface area contributed by atoms with Crippen LogP contribution in [-0.2, 0) is 11.2 Å². The Morgan fingerprint density at radius 2 is 1.78 bits per heavy atom. The van der Waals surface area contributed by atoms with E-state index in [-0.39, 0.29) is 12.1 Å². The summed E-state index contributed by atoms with van der Waals surface area (Å²) in [6.07, 6.45) is 0.525. The summed E-state index contributed by atoms with van der Waals surface area (Å²) in [6.45, 7) is 0. The van der Waals surface area contributed by atoms with E-state index in [4.69, 9.17) is 4.74 Å². The van der Waals surface area contributed by atoms with Crippen molar-refractivity contribution in [2.75, 3.05) is 0 Å². The molecule has 90 valence electrons. The van der Waals surface area contributed by atoms with Crippen LogP contribution in [0.1, 0.15) is 27.6 Å². The molecule has 3 rings (SSSR count). The van der Waals surface area contributed by atoms with E-state index in [9.17, 15) is 4.79 Å². The van der Waals surface area contributed by atoms with E-state index >= 15 is 0 Å². The number of benzene rings is 2. The van der Waals surface area contributed by atoms with Gasteiger partial charge in [0, 0.05) is 16.5 Å². The molecule has 1 atom stereocenters. The van der Waals surface area contributed by atoms with Crippen molar-refractivity contribution in [3.63, 3.8) is 0 Å². The van der Waals surface area contributed by atoms with E-state index in [0.717, 1.165) is 15.6 Å². The van der Waals surface area contributed by atoms with Gasteiger partial charge in [0.15, 0.2) is 0 Å². The summed E-state index contributed by atoms with van der Waals surface area (Å²) in [4.78, 5) is 11.7. The molecule has 0 aromatic heterocycles. The van der Waals surface area contributed by atoms with Gasteiger partial charge in [0.2, 0.25) is 0 Å². The van der Waals surface area contributed by atoms with E-state index < -0.39 is 0 Å². The fourth-order valence-corrected chi connectivity index (χ4v) is 2.68. The van der Waals surface area contributed by atoms with Crippen LogP contribution in [0.4, 0.5) is 0 Å². The van der Waals surface area contributed by atoms with Crippen LogP contribution in [0.3, 0.4) is 0 Å². The van der Waals surface area contributed by atoms with Crippen LogP contribution in [0.25, 0.3) is 0 Å². The fraction of sp³-hybridized carbons (Fsp3) is 0.133. The largest absolute Gasteiger partial charge is 0.454 e. The number of fused-ring (bicyclic) bond motifs is 1. The van der Waals surface area contributed by atoms with Gasteiger partial charge in [-0.1, -0.05) is 52.3 Å². The van der Waals surface area contributed by atoms with Crippen LogP contribution < -0.4 is 0 Å². The maximum Gasteiger partial charge on any atom is 0.339 e. The number of hydrogen-bond donors (Lipinski definition) is 0. The van der Waals surface area contributed by atoms with E-state index in [1.165, 1.54) is 0 Å². The first-order chi connectivity index (χ1) is 8.75. The summed E-state index contributed by atoms with van der Waals surface area (Å²) in [7, 11) is 0. The lowest BCUT2D eigenvalue weighted by atomic mass is 9.99. The molecule has 0 N–H and O–H groups in total. The number of carbonyl (C=O) groups is 1. The average molecular weight is 303 g/mol. The number of rotatable bonds is 2. The maximum absolute atomic E-state index is 11.7. The second-order valence-corrected chi connectivity index (χ2v) is 5.13. The fourth-order valence-electron chi connectivity index (χ4n) is 2.24. The van der Waals surface area contributed by atoms with Crippen LogP contribution >= 0.6 is 15.9 Å². The third-order valence-corrected chi connectivity index (χ3v) is 3.91. The summed E-state index contributed by atoms with van der Waals surface area (Å²) in [6, 6.07) is 15.6. The number of cyclic esters (lactones) is 1. The second-order valence-electron chi connectivity index (χ2n) is 4.28. The summed E-state index contributed by atoms with van der Waals surface area (Å²) in [5.41, 5.74) is 2.82. The quantitative estimate of drug-likeness (QED) is 0.786. The highest BCUT2D eigenvalue weighted by Gasteiger charge is 2.30. The van der Waals surface area contributed by atoms with Gasteiger partial charge in [0.25, 0.3) is 0 Å². The first-order valence-electron chi connectivity index (χ1n) is 5.79. The summed E-state index contributed by atoms with van der Waals surface area (Å²) in [5, 5.41) is 0. The lowest BCUT2D eigenvalue weighted by Gasteiger charge is -2.11. The molecule has 0 radical (unpaired) electrons. The van der Waals surface area contributed by atoms with Gasteiger partial charge in [-0.05, 0) is 17.7 Å². The number of carbonyl (C=O) groups excluding carboxylic acids is 1. The van der Waals surface area contributed by atoms with Crippen LogP contribution in [0.2, 0.25) is 0 Å². The van der Waals surface area contributed by atoms with Crippen molar-refractivity contribution in [3.05, 3.63) is 69.7 Å². The predicted molar refractivity (Wildman–Crippen MR) is 72.4 cm³/mol. The molecule has 0 aliphatic carbocycles. The van der Waals surface area contributed by atoms with Gasteiger partial charge in [-0.25, -0.2) is 4.79 Å². The van der Waals surface area contributed by atoms with Gasteiger partial charge in [-0.15, -0.1) is 0 Å². The highest BCUT2D eigenvalue weighted by atomic mass is 79.9. The third kappa shape index (κ3) is 1.95. The second kappa shape index (κ2) is 4.58. The monoisotopic (exact) mass is 302 g/mol. The normalized spacial score (nSPS) is 17.4. The summed E-state index contributed by atoms with van der Waals surface area (Å²) < 4.78 is 6.48. The van der Waals surface area contributed by atoms with Gasteiger partial charge in [0.1, 0.15) is 6.10 Å². The van der Waals surface area contributed by atoms with E-state index in [1.807, 2.05) is 48.5 Å². The van der Waals surface area contributed by atoms with Crippen LogP contribution in [0.5, 0.6) is 0 Å². The summed E-state index contributed by atoms with van der Waals surface area (Å²) in [5.74, 6) is -0.220. The highest BCUT2D eigenvalue weighted by Crippen LogP contribution is 2.34. The van der Waals surface area contributed by atoms with Crippen molar-refractivity contribution >= 4 is 21.9 Å². The van der Waals surface area contributed by atoms with Crippen molar-refractivity contribution in [1.82, 2.24) is 0 Å². The Kier molecular flexibility index (Phi) is 2.92. The van der Waals surface area contributed by atoms with Gasteiger partial charge in [0.05, 0.1) is 5.56 Å². The average Bonchev–Trinajstić information content (AvgIpc) is 2.70. The minimum absolute atomic E-state index is 0.174. The van der Waals surface area contributed by atoms with Crippen LogP contribution in [0.15, 0.2) is 53.0 Å². The molecule has 0 saturated carbocycles. The summed E-state index contributed by atoms with van der Waals surface area (Å²) >= 11 is 3.52. The topological polar surface area (TPSA) is 26.3 Å². The molecular weight excluding hydrogens is 292 g/mol. The lowest BCUT2D eigenvalue weighted by molar-refractivity contribution is 0.0387. The Morgan fingerprint density at radius 1 is 1.06 bits per heavy atom. The number of hydrogen-bond acceptors (Lipinski definition) is 2. The molecule has 1 aliphatic heterocycles. The molecule has 0 fully saturated rings. The smallest absolute Gasteiger partial charge is 0.339 e. The first kappa shape index (κ1) is 11.5. The van der Waals surface area contributed by atoms with Crippen molar-refractivity contribution in [2.45, 2.75) is 12.5 Å². The standard InChI is InChI=1S/C15H11BrO2/c16-13-8-4-1-5-10(13)9-14-11-6-2-3-7-12(11)15(17)18-14/h1-8,14H,9H2. The molecule has 1 aliphatic rings. The zero-order valence-electron chi connectivity index (χ0n) is 9.60. The van der Waals surface area contributed by atoms with Gasteiger partial charge in [-0.2, -0.15) is 0 Å². The third-order valence-electron chi connectivity index (χ3n) is 3.14.